The predicted molar refractivity (Wildman–Crippen MR) is 67.5 cm³/mol. The molecule has 0 radical (unpaired) electrons. The molecule has 0 aliphatic heterocycles. The molecule has 19 heavy (non-hydrogen) atoms. The Hall–Kier alpha value is -2.69. The van der Waals surface area contributed by atoms with Gasteiger partial charge in [0.2, 0.25) is 0 Å². The third-order valence-electron chi connectivity index (χ3n) is 2.84. The lowest BCUT2D eigenvalue weighted by atomic mass is 10.1. The van der Waals surface area contributed by atoms with E-state index in [1.54, 1.807) is 24.3 Å². The Bertz CT molecular complexity index is 766. The van der Waals surface area contributed by atoms with E-state index in [9.17, 15) is 14.3 Å². The third kappa shape index (κ3) is 1.85. The standard InChI is InChI=1S/C14H9FN2O2/c15-10-6-7-17-11(8-10)16-12(13(17)14(18)19)9-4-2-1-3-5-9/h1-8H,(H,18,19). The maximum absolute atomic E-state index is 13.2. The summed E-state index contributed by atoms with van der Waals surface area (Å²) in [5.41, 5.74) is 1.32. The minimum atomic E-state index is -1.10. The largest absolute Gasteiger partial charge is 0.476 e. The van der Waals surface area contributed by atoms with Gasteiger partial charge in [-0.2, -0.15) is 0 Å². The molecule has 2 aromatic heterocycles. The van der Waals surface area contributed by atoms with Crippen LogP contribution in [0.4, 0.5) is 4.39 Å². The zero-order valence-corrected chi connectivity index (χ0v) is 9.75. The number of carboxylic acid groups (broad SMARTS) is 1. The summed E-state index contributed by atoms with van der Waals surface area (Å²) in [6.45, 7) is 0. The van der Waals surface area contributed by atoms with Gasteiger partial charge >= 0.3 is 5.97 Å². The minimum absolute atomic E-state index is 0.0289. The molecule has 0 saturated heterocycles. The highest BCUT2D eigenvalue weighted by molar-refractivity contribution is 5.94. The van der Waals surface area contributed by atoms with E-state index in [4.69, 9.17) is 0 Å². The topological polar surface area (TPSA) is 54.6 Å². The maximum Gasteiger partial charge on any atom is 0.355 e. The lowest BCUT2D eigenvalue weighted by Crippen LogP contribution is -2.03. The quantitative estimate of drug-likeness (QED) is 0.767. The third-order valence-corrected chi connectivity index (χ3v) is 2.84. The van der Waals surface area contributed by atoms with Crippen LogP contribution in [0.2, 0.25) is 0 Å². The molecule has 0 spiro atoms. The summed E-state index contributed by atoms with van der Waals surface area (Å²) in [5.74, 6) is -1.55. The van der Waals surface area contributed by atoms with Gasteiger partial charge in [0.25, 0.3) is 0 Å². The van der Waals surface area contributed by atoms with E-state index in [0.29, 0.717) is 11.3 Å². The molecule has 2 heterocycles. The number of fused-ring (bicyclic) bond motifs is 1. The Labute approximate surface area is 107 Å². The van der Waals surface area contributed by atoms with Gasteiger partial charge in [-0.1, -0.05) is 30.3 Å². The first-order valence-electron chi connectivity index (χ1n) is 5.63. The van der Waals surface area contributed by atoms with E-state index in [1.165, 1.54) is 22.7 Å². The van der Waals surface area contributed by atoms with Gasteiger partial charge < -0.3 is 5.11 Å². The van der Waals surface area contributed by atoms with Crippen LogP contribution in [0.1, 0.15) is 10.5 Å². The Morgan fingerprint density at radius 1 is 1.21 bits per heavy atom. The van der Waals surface area contributed by atoms with Crippen LogP contribution in [0.25, 0.3) is 16.9 Å². The summed E-state index contributed by atoms with van der Waals surface area (Å²) in [6.07, 6.45) is 1.37. The van der Waals surface area contributed by atoms with Crippen molar-refractivity contribution in [2.24, 2.45) is 0 Å². The summed E-state index contributed by atoms with van der Waals surface area (Å²) >= 11 is 0. The highest BCUT2D eigenvalue weighted by Crippen LogP contribution is 2.24. The van der Waals surface area contributed by atoms with Gasteiger partial charge in [-0.15, -0.1) is 0 Å². The van der Waals surface area contributed by atoms with Crippen LogP contribution in [-0.4, -0.2) is 20.5 Å². The van der Waals surface area contributed by atoms with E-state index in [-0.39, 0.29) is 11.3 Å². The zero-order chi connectivity index (χ0) is 13.4. The molecule has 3 aromatic rings. The smallest absolute Gasteiger partial charge is 0.355 e. The number of aromatic nitrogens is 2. The number of imidazole rings is 1. The SMILES string of the molecule is O=C(O)c1c(-c2ccccc2)nc2cc(F)ccn12. The Balaban J connectivity index is 2.35. The number of hydrogen-bond acceptors (Lipinski definition) is 2. The second-order valence-electron chi connectivity index (χ2n) is 4.05. The molecule has 5 heteroatoms. The first kappa shape index (κ1) is 11.4. The van der Waals surface area contributed by atoms with Crippen LogP contribution in [0.5, 0.6) is 0 Å². The van der Waals surface area contributed by atoms with E-state index < -0.39 is 11.8 Å². The summed E-state index contributed by atoms with van der Waals surface area (Å²) in [4.78, 5) is 15.6. The normalized spacial score (nSPS) is 10.8. The number of pyridine rings is 1. The van der Waals surface area contributed by atoms with Crippen molar-refractivity contribution in [1.82, 2.24) is 9.38 Å². The molecule has 0 amide bonds. The molecule has 0 saturated carbocycles. The Kier molecular flexibility index (Phi) is 2.52. The van der Waals surface area contributed by atoms with E-state index in [1.807, 2.05) is 6.07 Å². The average molecular weight is 256 g/mol. The number of benzene rings is 1. The Morgan fingerprint density at radius 3 is 2.63 bits per heavy atom. The average Bonchev–Trinajstić information content (AvgIpc) is 2.78. The summed E-state index contributed by atoms with van der Waals surface area (Å²) < 4.78 is 14.5. The van der Waals surface area contributed by atoms with Gasteiger partial charge in [-0.05, 0) is 6.07 Å². The van der Waals surface area contributed by atoms with Gasteiger partial charge in [0, 0.05) is 17.8 Å². The number of hydrogen-bond donors (Lipinski definition) is 1. The first-order chi connectivity index (χ1) is 9.16. The lowest BCUT2D eigenvalue weighted by Gasteiger charge is -1.99. The van der Waals surface area contributed by atoms with Crippen molar-refractivity contribution >= 4 is 11.6 Å². The molecule has 0 aliphatic rings. The van der Waals surface area contributed by atoms with Crippen LogP contribution in [0.15, 0.2) is 48.7 Å². The lowest BCUT2D eigenvalue weighted by molar-refractivity contribution is 0.0690. The monoisotopic (exact) mass is 256 g/mol. The van der Waals surface area contributed by atoms with Gasteiger partial charge in [0.05, 0.1) is 0 Å². The number of nitrogens with zero attached hydrogens (tertiary/aromatic N) is 2. The highest BCUT2D eigenvalue weighted by Gasteiger charge is 2.19. The molecule has 0 aliphatic carbocycles. The van der Waals surface area contributed by atoms with Gasteiger partial charge in [-0.25, -0.2) is 14.2 Å². The molecule has 3 rings (SSSR count). The first-order valence-corrected chi connectivity index (χ1v) is 5.63. The van der Waals surface area contributed by atoms with E-state index in [2.05, 4.69) is 4.98 Å². The van der Waals surface area contributed by atoms with Gasteiger partial charge in [0.1, 0.15) is 17.2 Å². The number of carbonyl (C=O) groups is 1. The van der Waals surface area contributed by atoms with Crippen LogP contribution >= 0.6 is 0 Å². The van der Waals surface area contributed by atoms with Gasteiger partial charge in [-0.3, -0.25) is 4.40 Å². The van der Waals surface area contributed by atoms with Crippen molar-refractivity contribution < 1.29 is 14.3 Å². The van der Waals surface area contributed by atoms with Crippen molar-refractivity contribution in [2.45, 2.75) is 0 Å². The maximum atomic E-state index is 13.2. The molecule has 0 unspecified atom stereocenters. The van der Waals surface area contributed by atoms with E-state index >= 15 is 0 Å². The molecule has 1 aromatic carbocycles. The molecule has 0 fully saturated rings. The van der Waals surface area contributed by atoms with Crippen LogP contribution in [0.3, 0.4) is 0 Å². The van der Waals surface area contributed by atoms with Crippen molar-refractivity contribution in [2.75, 3.05) is 0 Å². The fourth-order valence-corrected chi connectivity index (χ4v) is 2.02. The Morgan fingerprint density at radius 2 is 1.95 bits per heavy atom. The molecule has 94 valence electrons. The highest BCUT2D eigenvalue weighted by atomic mass is 19.1. The van der Waals surface area contributed by atoms with Crippen molar-refractivity contribution in [1.29, 1.82) is 0 Å². The van der Waals surface area contributed by atoms with Crippen LogP contribution in [-0.2, 0) is 0 Å². The summed E-state index contributed by atoms with van der Waals surface area (Å²) in [6, 6.07) is 11.4. The number of aromatic carboxylic acids is 1. The number of halogens is 1. The zero-order valence-electron chi connectivity index (χ0n) is 9.75. The predicted octanol–water partition coefficient (Wildman–Crippen LogP) is 2.84. The second kappa shape index (κ2) is 4.20. The van der Waals surface area contributed by atoms with Gasteiger partial charge in [0.15, 0.2) is 5.69 Å². The fourth-order valence-electron chi connectivity index (χ4n) is 2.02. The molecular formula is C14H9FN2O2. The second-order valence-corrected chi connectivity index (χ2v) is 4.05. The number of carboxylic acids is 1. The summed E-state index contributed by atoms with van der Waals surface area (Å²) in [7, 11) is 0. The molecule has 4 nitrogen and oxygen atoms in total. The van der Waals surface area contributed by atoms with Crippen molar-refractivity contribution in [3.05, 3.63) is 60.2 Å². The molecule has 1 N–H and O–H groups in total. The fraction of sp³-hybridized carbons (Fsp3) is 0. The number of rotatable bonds is 2. The molecule has 0 atom stereocenters. The minimum Gasteiger partial charge on any atom is -0.476 e. The molecular weight excluding hydrogens is 247 g/mol. The van der Waals surface area contributed by atoms with Crippen LogP contribution < -0.4 is 0 Å². The van der Waals surface area contributed by atoms with Crippen LogP contribution in [0, 0.1) is 5.82 Å². The van der Waals surface area contributed by atoms with E-state index in [0.717, 1.165) is 0 Å². The van der Waals surface area contributed by atoms with Crippen molar-refractivity contribution in [3.63, 3.8) is 0 Å². The summed E-state index contributed by atoms with van der Waals surface area (Å²) in [5, 5.41) is 9.33. The molecule has 0 bridgehead atoms. The van der Waals surface area contributed by atoms with Crippen molar-refractivity contribution in [3.8, 4) is 11.3 Å².